The van der Waals surface area contributed by atoms with Crippen LogP contribution in [-0.2, 0) is 4.79 Å². The molecule has 0 aliphatic heterocycles. The third kappa shape index (κ3) is 4.44. The molecule has 0 spiro atoms. The SMILES string of the molecule is CC(CN(C)C(=O)Nc1c(Cl)cc(Cl)cc1Cl)C(=O)O. The van der Waals surface area contributed by atoms with E-state index in [4.69, 9.17) is 39.9 Å². The molecule has 0 fully saturated rings. The van der Waals surface area contributed by atoms with Crippen LogP contribution in [0.2, 0.25) is 15.1 Å². The third-order valence-electron chi connectivity index (χ3n) is 2.55. The fourth-order valence-corrected chi connectivity index (χ4v) is 2.35. The molecule has 1 rings (SSSR count). The molecule has 8 heteroatoms. The van der Waals surface area contributed by atoms with Gasteiger partial charge in [-0.3, -0.25) is 4.79 Å². The minimum absolute atomic E-state index is 0.0595. The topological polar surface area (TPSA) is 69.6 Å². The van der Waals surface area contributed by atoms with Crippen LogP contribution in [0.5, 0.6) is 0 Å². The van der Waals surface area contributed by atoms with Gasteiger partial charge in [0.05, 0.1) is 21.7 Å². The lowest BCUT2D eigenvalue weighted by atomic mass is 10.2. The van der Waals surface area contributed by atoms with Crippen LogP contribution in [0, 0.1) is 5.92 Å². The zero-order valence-corrected chi connectivity index (χ0v) is 13.1. The maximum atomic E-state index is 11.9. The Kier molecular flexibility index (Phi) is 5.92. The number of hydrogen-bond donors (Lipinski definition) is 2. The van der Waals surface area contributed by atoms with Crippen molar-refractivity contribution < 1.29 is 14.7 Å². The van der Waals surface area contributed by atoms with Crippen molar-refractivity contribution in [3.05, 3.63) is 27.2 Å². The van der Waals surface area contributed by atoms with E-state index in [-0.39, 0.29) is 22.3 Å². The Balaban J connectivity index is 2.78. The highest BCUT2D eigenvalue weighted by molar-refractivity contribution is 6.42. The largest absolute Gasteiger partial charge is 0.481 e. The lowest BCUT2D eigenvalue weighted by molar-refractivity contribution is -0.141. The molecule has 0 aliphatic carbocycles. The van der Waals surface area contributed by atoms with Crippen molar-refractivity contribution >= 4 is 52.5 Å². The van der Waals surface area contributed by atoms with E-state index in [1.54, 1.807) is 0 Å². The Labute approximate surface area is 131 Å². The average Bonchev–Trinajstić information content (AvgIpc) is 2.32. The summed E-state index contributed by atoms with van der Waals surface area (Å²) in [5, 5.41) is 12.1. The first kappa shape index (κ1) is 16.9. The van der Waals surface area contributed by atoms with Crippen molar-refractivity contribution in [2.45, 2.75) is 6.92 Å². The Morgan fingerprint density at radius 3 is 2.25 bits per heavy atom. The minimum Gasteiger partial charge on any atom is -0.481 e. The van der Waals surface area contributed by atoms with Gasteiger partial charge in [0.15, 0.2) is 0 Å². The van der Waals surface area contributed by atoms with Crippen molar-refractivity contribution in [1.29, 1.82) is 0 Å². The van der Waals surface area contributed by atoms with E-state index in [2.05, 4.69) is 5.32 Å². The van der Waals surface area contributed by atoms with Gasteiger partial charge in [0.1, 0.15) is 0 Å². The number of carbonyl (C=O) groups excluding carboxylic acids is 1. The summed E-state index contributed by atoms with van der Waals surface area (Å²) in [6, 6.07) is 2.39. The molecule has 0 bridgehead atoms. The smallest absolute Gasteiger partial charge is 0.321 e. The molecule has 1 aromatic rings. The fraction of sp³-hybridized carbons (Fsp3) is 0.333. The van der Waals surface area contributed by atoms with Crippen LogP contribution >= 0.6 is 34.8 Å². The summed E-state index contributed by atoms with van der Waals surface area (Å²) >= 11 is 17.7. The molecule has 1 unspecified atom stereocenters. The lowest BCUT2D eigenvalue weighted by Gasteiger charge is -2.20. The summed E-state index contributed by atoms with van der Waals surface area (Å²) in [5.41, 5.74) is 0.234. The van der Waals surface area contributed by atoms with Crippen molar-refractivity contribution in [1.82, 2.24) is 4.90 Å². The molecular formula is C12H13Cl3N2O3. The molecule has 1 atom stereocenters. The second-order valence-corrected chi connectivity index (χ2v) is 5.55. The third-order valence-corrected chi connectivity index (χ3v) is 3.37. The molecular weight excluding hydrogens is 327 g/mol. The highest BCUT2D eigenvalue weighted by Crippen LogP contribution is 2.33. The standard InChI is InChI=1S/C12H13Cl3N2O3/c1-6(11(18)19)5-17(2)12(20)16-10-8(14)3-7(13)4-9(10)15/h3-4,6H,5H2,1-2H3,(H,16,20)(H,18,19). The number of nitrogens with one attached hydrogen (secondary N) is 1. The Hall–Kier alpha value is -1.17. The number of hydrogen-bond acceptors (Lipinski definition) is 2. The minimum atomic E-state index is -0.979. The predicted octanol–water partition coefficient (Wildman–Crippen LogP) is 3.83. The molecule has 0 heterocycles. The Morgan fingerprint density at radius 2 is 1.80 bits per heavy atom. The number of rotatable bonds is 4. The van der Waals surface area contributed by atoms with Crippen LogP contribution < -0.4 is 5.32 Å². The van der Waals surface area contributed by atoms with E-state index in [0.717, 1.165) is 0 Å². The molecule has 0 aromatic heterocycles. The predicted molar refractivity (Wildman–Crippen MR) is 79.9 cm³/mol. The van der Waals surface area contributed by atoms with E-state index in [1.807, 2.05) is 0 Å². The molecule has 0 aliphatic rings. The second-order valence-electron chi connectivity index (χ2n) is 4.29. The highest BCUT2D eigenvalue weighted by atomic mass is 35.5. The highest BCUT2D eigenvalue weighted by Gasteiger charge is 2.19. The van der Waals surface area contributed by atoms with Gasteiger partial charge in [-0.2, -0.15) is 0 Å². The van der Waals surface area contributed by atoms with Gasteiger partial charge >= 0.3 is 12.0 Å². The lowest BCUT2D eigenvalue weighted by Crippen LogP contribution is -2.36. The summed E-state index contributed by atoms with van der Waals surface area (Å²) in [4.78, 5) is 23.9. The monoisotopic (exact) mass is 338 g/mol. The molecule has 0 saturated heterocycles. The van der Waals surface area contributed by atoms with Crippen LogP contribution in [0.4, 0.5) is 10.5 Å². The van der Waals surface area contributed by atoms with Gasteiger partial charge in [0, 0.05) is 18.6 Å². The first-order valence-corrected chi connectivity index (χ1v) is 6.75. The van der Waals surface area contributed by atoms with Crippen molar-refractivity contribution in [3.8, 4) is 0 Å². The van der Waals surface area contributed by atoms with E-state index >= 15 is 0 Å². The first-order valence-electron chi connectivity index (χ1n) is 5.61. The second kappa shape index (κ2) is 7.02. The number of aliphatic carboxylic acids is 1. The molecule has 0 saturated carbocycles. The van der Waals surface area contributed by atoms with Gasteiger partial charge in [0.2, 0.25) is 0 Å². The van der Waals surface area contributed by atoms with Crippen LogP contribution in [0.25, 0.3) is 0 Å². The number of carboxylic acids is 1. The van der Waals surface area contributed by atoms with Crippen LogP contribution in [-0.4, -0.2) is 35.6 Å². The van der Waals surface area contributed by atoms with Crippen molar-refractivity contribution in [2.24, 2.45) is 5.92 Å². The number of benzene rings is 1. The maximum Gasteiger partial charge on any atom is 0.321 e. The van der Waals surface area contributed by atoms with E-state index in [9.17, 15) is 9.59 Å². The molecule has 20 heavy (non-hydrogen) atoms. The van der Waals surface area contributed by atoms with Gasteiger partial charge in [-0.15, -0.1) is 0 Å². The molecule has 1 aromatic carbocycles. The van der Waals surface area contributed by atoms with Crippen molar-refractivity contribution in [3.63, 3.8) is 0 Å². The number of halogens is 3. The van der Waals surface area contributed by atoms with E-state index in [0.29, 0.717) is 5.02 Å². The number of anilines is 1. The summed E-state index contributed by atoms with van der Waals surface area (Å²) in [6.07, 6.45) is 0. The normalized spacial score (nSPS) is 11.8. The zero-order valence-electron chi connectivity index (χ0n) is 10.8. The fourth-order valence-electron chi connectivity index (χ4n) is 1.44. The Morgan fingerprint density at radius 1 is 1.30 bits per heavy atom. The van der Waals surface area contributed by atoms with E-state index in [1.165, 1.54) is 31.0 Å². The van der Waals surface area contributed by atoms with Gasteiger partial charge < -0.3 is 15.3 Å². The number of nitrogens with zero attached hydrogens (tertiary/aromatic N) is 1. The summed E-state index contributed by atoms with van der Waals surface area (Å²) < 4.78 is 0. The summed E-state index contributed by atoms with van der Waals surface area (Å²) in [5.74, 6) is -1.66. The van der Waals surface area contributed by atoms with Crippen LogP contribution in [0.15, 0.2) is 12.1 Å². The average molecular weight is 340 g/mol. The molecule has 0 radical (unpaired) electrons. The zero-order chi connectivity index (χ0) is 15.4. The molecule has 110 valence electrons. The van der Waals surface area contributed by atoms with Crippen molar-refractivity contribution in [2.75, 3.05) is 18.9 Å². The number of carbonyl (C=O) groups is 2. The quantitative estimate of drug-likeness (QED) is 0.876. The number of carboxylic acid groups (broad SMARTS) is 1. The molecule has 2 amide bonds. The first-order chi connectivity index (χ1) is 9.22. The number of amides is 2. The van der Waals surface area contributed by atoms with Gasteiger partial charge in [0.25, 0.3) is 0 Å². The van der Waals surface area contributed by atoms with Crippen LogP contribution in [0.3, 0.4) is 0 Å². The van der Waals surface area contributed by atoms with E-state index < -0.39 is 17.9 Å². The molecule has 2 N–H and O–H groups in total. The summed E-state index contributed by atoms with van der Waals surface area (Å²) in [7, 11) is 1.48. The number of urea groups is 1. The maximum absolute atomic E-state index is 11.9. The summed E-state index contributed by atoms with van der Waals surface area (Å²) in [6.45, 7) is 1.57. The van der Waals surface area contributed by atoms with Gasteiger partial charge in [-0.05, 0) is 12.1 Å². The van der Waals surface area contributed by atoms with Gasteiger partial charge in [-0.25, -0.2) is 4.79 Å². The molecule has 5 nitrogen and oxygen atoms in total. The van der Waals surface area contributed by atoms with Crippen LogP contribution in [0.1, 0.15) is 6.92 Å². The van der Waals surface area contributed by atoms with Gasteiger partial charge in [-0.1, -0.05) is 41.7 Å². The Bertz CT molecular complexity index is 514.